The normalized spacial score (nSPS) is 10.4. The van der Waals surface area contributed by atoms with Gasteiger partial charge in [0.25, 0.3) is 0 Å². The molecule has 18 heavy (non-hydrogen) atoms. The van der Waals surface area contributed by atoms with Gasteiger partial charge in [-0.2, -0.15) is 0 Å². The summed E-state index contributed by atoms with van der Waals surface area (Å²) in [6, 6.07) is 5.24. The lowest BCUT2D eigenvalue weighted by Crippen LogP contribution is -2.35. The lowest BCUT2D eigenvalue weighted by molar-refractivity contribution is -0.120. The predicted molar refractivity (Wildman–Crippen MR) is 73.1 cm³/mol. The lowest BCUT2D eigenvalue weighted by atomic mass is 10.2. The molecule has 0 bridgehead atoms. The standard InChI is InChI=1S/C12H16Cl2N2O2/c1-18-5-4-16-12(17)8-15-7-9-6-10(13)2-3-11(9)14/h2-3,6,15H,4-5,7-8H2,1H3,(H,16,17). The van der Waals surface area contributed by atoms with Gasteiger partial charge in [0.05, 0.1) is 13.2 Å². The van der Waals surface area contributed by atoms with Crippen LogP contribution < -0.4 is 10.6 Å². The first kappa shape index (κ1) is 15.2. The van der Waals surface area contributed by atoms with Gasteiger partial charge in [-0.1, -0.05) is 23.2 Å². The molecule has 0 atom stereocenters. The van der Waals surface area contributed by atoms with Crippen LogP contribution in [0.1, 0.15) is 5.56 Å². The van der Waals surface area contributed by atoms with Crippen LogP contribution in [-0.2, 0) is 16.1 Å². The van der Waals surface area contributed by atoms with Crippen LogP contribution in [0, 0.1) is 0 Å². The fourth-order valence-electron chi connectivity index (χ4n) is 1.34. The number of hydrogen-bond acceptors (Lipinski definition) is 3. The zero-order valence-corrected chi connectivity index (χ0v) is 11.6. The van der Waals surface area contributed by atoms with E-state index in [-0.39, 0.29) is 12.5 Å². The van der Waals surface area contributed by atoms with E-state index in [1.165, 1.54) is 0 Å². The number of rotatable bonds is 7. The summed E-state index contributed by atoms with van der Waals surface area (Å²) in [7, 11) is 1.59. The Kier molecular flexibility index (Phi) is 7.05. The van der Waals surface area contributed by atoms with Gasteiger partial charge in [-0.3, -0.25) is 4.79 Å². The second-order valence-corrected chi connectivity index (χ2v) is 4.53. The van der Waals surface area contributed by atoms with E-state index in [0.29, 0.717) is 29.7 Å². The minimum absolute atomic E-state index is 0.0785. The Balaban J connectivity index is 2.28. The summed E-state index contributed by atoms with van der Waals surface area (Å²) in [6.45, 7) is 1.74. The summed E-state index contributed by atoms with van der Waals surface area (Å²) >= 11 is 11.9. The smallest absolute Gasteiger partial charge is 0.234 e. The highest BCUT2D eigenvalue weighted by Crippen LogP contribution is 2.20. The zero-order valence-electron chi connectivity index (χ0n) is 10.1. The largest absolute Gasteiger partial charge is 0.383 e. The van der Waals surface area contributed by atoms with Gasteiger partial charge in [-0.05, 0) is 23.8 Å². The summed E-state index contributed by atoms with van der Waals surface area (Å²) in [5.74, 6) is -0.0785. The summed E-state index contributed by atoms with van der Waals surface area (Å²) < 4.78 is 4.83. The van der Waals surface area contributed by atoms with Crippen LogP contribution in [0.2, 0.25) is 10.0 Å². The molecule has 0 saturated heterocycles. The van der Waals surface area contributed by atoms with E-state index in [4.69, 9.17) is 27.9 Å². The van der Waals surface area contributed by atoms with Crippen molar-refractivity contribution in [3.63, 3.8) is 0 Å². The van der Waals surface area contributed by atoms with Gasteiger partial charge in [0.2, 0.25) is 5.91 Å². The predicted octanol–water partition coefficient (Wildman–Crippen LogP) is 1.85. The molecule has 0 fully saturated rings. The number of methoxy groups -OCH3 is 1. The molecule has 0 heterocycles. The number of carbonyl (C=O) groups excluding carboxylic acids is 1. The maximum Gasteiger partial charge on any atom is 0.234 e. The Labute approximate surface area is 117 Å². The first-order valence-corrected chi connectivity index (χ1v) is 6.29. The van der Waals surface area contributed by atoms with E-state index in [2.05, 4.69) is 10.6 Å². The molecule has 2 N–H and O–H groups in total. The number of carbonyl (C=O) groups is 1. The molecule has 100 valence electrons. The molecule has 0 radical (unpaired) electrons. The zero-order chi connectivity index (χ0) is 13.4. The highest BCUT2D eigenvalue weighted by atomic mass is 35.5. The molecule has 0 spiro atoms. The monoisotopic (exact) mass is 290 g/mol. The molecule has 0 aromatic heterocycles. The van der Waals surface area contributed by atoms with Gasteiger partial charge in [-0.25, -0.2) is 0 Å². The Morgan fingerprint density at radius 2 is 2.17 bits per heavy atom. The molecule has 1 aromatic carbocycles. The molecule has 1 aromatic rings. The molecule has 0 aliphatic carbocycles. The first-order chi connectivity index (χ1) is 8.63. The van der Waals surface area contributed by atoms with E-state index in [1.54, 1.807) is 25.3 Å². The van der Waals surface area contributed by atoms with Crippen LogP contribution in [0.25, 0.3) is 0 Å². The van der Waals surface area contributed by atoms with Crippen LogP contribution in [0.15, 0.2) is 18.2 Å². The Bertz CT molecular complexity index is 400. The first-order valence-electron chi connectivity index (χ1n) is 5.53. The fourth-order valence-corrected chi connectivity index (χ4v) is 1.72. The van der Waals surface area contributed by atoms with Crippen molar-refractivity contribution in [2.24, 2.45) is 0 Å². The Morgan fingerprint density at radius 1 is 1.39 bits per heavy atom. The fraction of sp³-hybridized carbons (Fsp3) is 0.417. The van der Waals surface area contributed by atoms with Crippen molar-refractivity contribution < 1.29 is 9.53 Å². The van der Waals surface area contributed by atoms with Gasteiger partial charge in [-0.15, -0.1) is 0 Å². The van der Waals surface area contributed by atoms with E-state index in [9.17, 15) is 4.79 Å². The molecule has 0 saturated carbocycles. The number of halogens is 2. The third-order valence-electron chi connectivity index (χ3n) is 2.24. The number of nitrogens with one attached hydrogen (secondary N) is 2. The van der Waals surface area contributed by atoms with E-state index in [0.717, 1.165) is 5.56 Å². The Hall–Kier alpha value is -0.810. The third-order valence-corrected chi connectivity index (χ3v) is 2.84. The number of amides is 1. The molecule has 1 rings (SSSR count). The third kappa shape index (κ3) is 5.69. The van der Waals surface area contributed by atoms with Crippen LogP contribution in [0.3, 0.4) is 0 Å². The van der Waals surface area contributed by atoms with Crippen molar-refractivity contribution in [1.29, 1.82) is 0 Å². The van der Waals surface area contributed by atoms with Gasteiger partial charge in [0, 0.05) is 30.2 Å². The number of hydrogen-bond donors (Lipinski definition) is 2. The average molecular weight is 291 g/mol. The van der Waals surface area contributed by atoms with Gasteiger partial charge in [0.1, 0.15) is 0 Å². The number of benzene rings is 1. The van der Waals surface area contributed by atoms with Crippen LogP contribution in [0.4, 0.5) is 0 Å². The maximum absolute atomic E-state index is 11.4. The molecular formula is C12H16Cl2N2O2. The molecular weight excluding hydrogens is 275 g/mol. The van der Waals surface area contributed by atoms with Gasteiger partial charge < -0.3 is 15.4 Å². The molecule has 0 aliphatic heterocycles. The Morgan fingerprint density at radius 3 is 2.89 bits per heavy atom. The molecule has 0 unspecified atom stereocenters. The van der Waals surface area contributed by atoms with Crippen LogP contribution >= 0.6 is 23.2 Å². The molecule has 0 aliphatic rings. The van der Waals surface area contributed by atoms with Crippen molar-refractivity contribution in [2.75, 3.05) is 26.8 Å². The second kappa shape index (κ2) is 8.32. The second-order valence-electron chi connectivity index (χ2n) is 3.68. The highest BCUT2D eigenvalue weighted by molar-refractivity contribution is 6.33. The molecule has 6 heteroatoms. The van der Waals surface area contributed by atoms with Crippen LogP contribution in [-0.4, -0.2) is 32.7 Å². The van der Waals surface area contributed by atoms with Gasteiger partial charge in [0.15, 0.2) is 0 Å². The average Bonchev–Trinajstić information content (AvgIpc) is 2.34. The molecule has 1 amide bonds. The SMILES string of the molecule is COCCNC(=O)CNCc1cc(Cl)ccc1Cl. The van der Waals surface area contributed by atoms with E-state index in [1.807, 2.05) is 0 Å². The van der Waals surface area contributed by atoms with Crippen molar-refractivity contribution in [3.8, 4) is 0 Å². The summed E-state index contributed by atoms with van der Waals surface area (Å²) in [5.41, 5.74) is 0.869. The quantitative estimate of drug-likeness (QED) is 0.754. The summed E-state index contributed by atoms with van der Waals surface area (Å²) in [4.78, 5) is 11.4. The van der Waals surface area contributed by atoms with E-state index < -0.39 is 0 Å². The van der Waals surface area contributed by atoms with Crippen molar-refractivity contribution in [3.05, 3.63) is 33.8 Å². The summed E-state index contributed by atoms with van der Waals surface area (Å²) in [5, 5.41) is 6.97. The maximum atomic E-state index is 11.4. The van der Waals surface area contributed by atoms with Crippen molar-refractivity contribution in [2.45, 2.75) is 6.54 Å². The minimum Gasteiger partial charge on any atom is -0.383 e. The summed E-state index contributed by atoms with van der Waals surface area (Å²) in [6.07, 6.45) is 0. The van der Waals surface area contributed by atoms with Gasteiger partial charge >= 0.3 is 0 Å². The number of ether oxygens (including phenoxy) is 1. The highest BCUT2D eigenvalue weighted by Gasteiger charge is 2.03. The topological polar surface area (TPSA) is 50.4 Å². The minimum atomic E-state index is -0.0785. The van der Waals surface area contributed by atoms with Crippen LogP contribution in [0.5, 0.6) is 0 Å². The van der Waals surface area contributed by atoms with Crippen molar-refractivity contribution >= 4 is 29.1 Å². The lowest BCUT2D eigenvalue weighted by Gasteiger charge is -2.08. The van der Waals surface area contributed by atoms with E-state index >= 15 is 0 Å². The van der Waals surface area contributed by atoms with Crippen molar-refractivity contribution in [1.82, 2.24) is 10.6 Å². The molecule has 4 nitrogen and oxygen atoms in total.